The minimum Gasteiger partial charge on any atom is -0.458 e. The van der Waals surface area contributed by atoms with Crippen LogP contribution >= 0.6 is 0 Å². The fraction of sp³-hybridized carbons (Fsp3) is 0.565. The quantitative estimate of drug-likeness (QED) is 0.546. The molecule has 152 valence electrons. The molecule has 0 radical (unpaired) electrons. The summed E-state index contributed by atoms with van der Waals surface area (Å²) >= 11 is 0. The van der Waals surface area contributed by atoms with Gasteiger partial charge in [-0.1, -0.05) is 12.1 Å². The van der Waals surface area contributed by atoms with E-state index in [1.165, 1.54) is 19.3 Å². The highest BCUT2D eigenvalue weighted by Gasteiger charge is 2.54. The van der Waals surface area contributed by atoms with Gasteiger partial charge in [0, 0.05) is 12.0 Å². The molecule has 4 fully saturated rings. The lowest BCUT2D eigenvalue weighted by molar-refractivity contribution is -0.157. The number of ether oxygens (including phenoxy) is 1. The molecule has 5 aliphatic rings. The zero-order valence-electron chi connectivity index (χ0n) is 16.4. The van der Waals surface area contributed by atoms with E-state index in [0.717, 1.165) is 24.2 Å². The first-order valence-corrected chi connectivity index (χ1v) is 10.6. The van der Waals surface area contributed by atoms with Crippen LogP contribution in [0.3, 0.4) is 0 Å². The van der Waals surface area contributed by atoms with Crippen LogP contribution in [-0.4, -0.2) is 41.6 Å². The van der Waals surface area contributed by atoms with Crippen LogP contribution < -0.4 is 0 Å². The summed E-state index contributed by atoms with van der Waals surface area (Å²) in [5.74, 6) is 0.732. The maximum atomic E-state index is 12.9. The molecular formula is C23H25NO5. The van der Waals surface area contributed by atoms with Crippen molar-refractivity contribution in [1.29, 1.82) is 0 Å². The van der Waals surface area contributed by atoms with E-state index < -0.39 is 5.97 Å². The molecule has 2 amide bonds. The highest BCUT2D eigenvalue weighted by Crippen LogP contribution is 2.60. The third-order valence-corrected chi connectivity index (χ3v) is 7.41. The van der Waals surface area contributed by atoms with Gasteiger partial charge in [0.15, 0.2) is 12.4 Å². The van der Waals surface area contributed by atoms with Crippen molar-refractivity contribution in [2.75, 3.05) is 13.2 Å². The Hall–Kier alpha value is -2.50. The lowest BCUT2D eigenvalue weighted by Gasteiger charge is -2.55. The summed E-state index contributed by atoms with van der Waals surface area (Å²) in [4.78, 5) is 50.9. The zero-order chi connectivity index (χ0) is 20.2. The Morgan fingerprint density at radius 3 is 1.97 bits per heavy atom. The van der Waals surface area contributed by atoms with E-state index in [9.17, 15) is 19.2 Å². The number of benzene rings is 1. The van der Waals surface area contributed by atoms with Gasteiger partial charge in [-0.25, -0.2) is 0 Å². The van der Waals surface area contributed by atoms with Gasteiger partial charge in [0.1, 0.15) is 0 Å². The molecule has 0 N–H and O–H groups in total. The van der Waals surface area contributed by atoms with Gasteiger partial charge in [-0.15, -0.1) is 0 Å². The fourth-order valence-electron chi connectivity index (χ4n) is 6.47. The second kappa shape index (κ2) is 6.78. The van der Waals surface area contributed by atoms with Crippen LogP contribution in [0.5, 0.6) is 0 Å². The molecule has 4 bridgehead atoms. The molecule has 1 aromatic carbocycles. The topological polar surface area (TPSA) is 80.8 Å². The maximum Gasteiger partial charge on any atom is 0.308 e. The standard InChI is InChI=1S/C23H25NO5/c25-19(23-10-14-7-15(11-23)9-16(8-14)12-23)13-29-20(26)5-6-24-21(27)17-3-1-2-4-18(17)22(24)28/h1-4,14-16H,5-13H2. The molecule has 29 heavy (non-hydrogen) atoms. The second-order valence-electron chi connectivity index (χ2n) is 9.34. The molecule has 6 nitrogen and oxygen atoms in total. The van der Waals surface area contributed by atoms with Crippen LogP contribution in [0.25, 0.3) is 0 Å². The highest BCUT2D eigenvalue weighted by atomic mass is 16.5. The van der Waals surface area contributed by atoms with Crippen molar-refractivity contribution in [3.63, 3.8) is 0 Å². The predicted molar refractivity (Wildman–Crippen MR) is 103 cm³/mol. The monoisotopic (exact) mass is 395 g/mol. The lowest BCUT2D eigenvalue weighted by Crippen LogP contribution is -2.51. The molecule has 1 heterocycles. The number of amides is 2. The number of fused-ring (bicyclic) bond motifs is 1. The Bertz CT molecular complexity index is 834. The normalized spacial score (nSPS) is 31.9. The van der Waals surface area contributed by atoms with Crippen LogP contribution in [0.15, 0.2) is 24.3 Å². The molecule has 0 atom stereocenters. The Kier molecular flexibility index (Phi) is 4.33. The number of hydrogen-bond donors (Lipinski definition) is 0. The largest absolute Gasteiger partial charge is 0.458 e. The number of ketones is 1. The van der Waals surface area contributed by atoms with Gasteiger partial charge in [-0.2, -0.15) is 0 Å². The van der Waals surface area contributed by atoms with E-state index >= 15 is 0 Å². The first kappa shape index (κ1) is 18.5. The van der Waals surface area contributed by atoms with E-state index in [4.69, 9.17) is 4.74 Å². The van der Waals surface area contributed by atoms with Gasteiger partial charge in [0.2, 0.25) is 0 Å². The van der Waals surface area contributed by atoms with Crippen molar-refractivity contribution in [3.05, 3.63) is 35.4 Å². The van der Waals surface area contributed by atoms with Crippen molar-refractivity contribution in [3.8, 4) is 0 Å². The Morgan fingerprint density at radius 2 is 1.45 bits per heavy atom. The molecular weight excluding hydrogens is 370 g/mol. The summed E-state index contributed by atoms with van der Waals surface area (Å²) < 4.78 is 5.26. The molecule has 0 spiro atoms. The number of Topliss-reactive ketones (excluding diaryl/α,β-unsaturated/α-hetero) is 1. The van der Waals surface area contributed by atoms with Gasteiger partial charge >= 0.3 is 5.97 Å². The van der Waals surface area contributed by atoms with E-state index in [-0.39, 0.29) is 42.6 Å². The number of nitrogens with zero attached hydrogens (tertiary/aromatic N) is 1. The molecule has 0 aromatic heterocycles. The number of carbonyl (C=O) groups excluding carboxylic acids is 4. The smallest absolute Gasteiger partial charge is 0.308 e. The Labute approximate surface area is 169 Å². The summed E-state index contributed by atoms with van der Waals surface area (Å²) in [7, 11) is 0. The molecule has 4 saturated carbocycles. The average Bonchev–Trinajstić information content (AvgIpc) is 2.94. The van der Waals surface area contributed by atoms with Crippen molar-refractivity contribution in [2.24, 2.45) is 23.2 Å². The molecule has 0 unspecified atom stereocenters. The summed E-state index contributed by atoms with van der Waals surface area (Å²) in [6.45, 7) is -0.218. The van der Waals surface area contributed by atoms with Gasteiger partial charge in [0.05, 0.1) is 17.5 Å². The lowest BCUT2D eigenvalue weighted by atomic mass is 9.48. The number of esters is 1. The van der Waals surface area contributed by atoms with Gasteiger partial charge in [-0.3, -0.25) is 24.1 Å². The summed E-state index contributed by atoms with van der Waals surface area (Å²) in [5.41, 5.74) is 0.447. The minimum absolute atomic E-state index is 0.0310. The molecule has 1 aliphatic heterocycles. The third-order valence-electron chi connectivity index (χ3n) is 7.41. The van der Waals surface area contributed by atoms with Gasteiger partial charge < -0.3 is 4.74 Å². The van der Waals surface area contributed by atoms with E-state index in [1.54, 1.807) is 24.3 Å². The van der Waals surface area contributed by atoms with Crippen molar-refractivity contribution < 1.29 is 23.9 Å². The van der Waals surface area contributed by atoms with Gasteiger partial charge in [-0.05, 0) is 68.4 Å². The van der Waals surface area contributed by atoms with Crippen molar-refractivity contribution in [2.45, 2.75) is 44.9 Å². The minimum atomic E-state index is -0.542. The van der Waals surface area contributed by atoms with Crippen molar-refractivity contribution in [1.82, 2.24) is 4.90 Å². The summed E-state index contributed by atoms with van der Waals surface area (Å²) in [6, 6.07) is 6.63. The van der Waals surface area contributed by atoms with E-state index in [1.807, 2.05) is 0 Å². The average molecular weight is 395 g/mol. The van der Waals surface area contributed by atoms with E-state index in [2.05, 4.69) is 0 Å². The molecule has 4 aliphatic carbocycles. The number of rotatable bonds is 6. The SMILES string of the molecule is O=C(CCN1C(=O)c2ccccc2C1=O)OCC(=O)C12CC3CC(CC(C3)C1)C2. The summed E-state index contributed by atoms with van der Waals surface area (Å²) in [6.07, 6.45) is 6.52. The molecule has 0 saturated heterocycles. The Balaban J connectivity index is 1.14. The predicted octanol–water partition coefficient (Wildman–Crippen LogP) is 3.00. The second-order valence-corrected chi connectivity index (χ2v) is 9.34. The number of carbonyl (C=O) groups is 4. The van der Waals surface area contributed by atoms with Crippen LogP contribution in [0, 0.1) is 23.2 Å². The Morgan fingerprint density at radius 1 is 0.931 bits per heavy atom. The first-order valence-electron chi connectivity index (χ1n) is 10.6. The van der Waals surface area contributed by atoms with Crippen LogP contribution in [0.4, 0.5) is 0 Å². The maximum absolute atomic E-state index is 12.9. The number of hydrogen-bond acceptors (Lipinski definition) is 5. The van der Waals surface area contributed by atoms with Crippen LogP contribution in [0.1, 0.15) is 65.7 Å². The first-order chi connectivity index (χ1) is 13.9. The molecule has 1 aromatic rings. The van der Waals surface area contributed by atoms with Gasteiger partial charge in [0.25, 0.3) is 11.8 Å². The van der Waals surface area contributed by atoms with Crippen LogP contribution in [0.2, 0.25) is 0 Å². The van der Waals surface area contributed by atoms with Crippen molar-refractivity contribution >= 4 is 23.6 Å². The fourth-order valence-corrected chi connectivity index (χ4v) is 6.47. The zero-order valence-corrected chi connectivity index (χ0v) is 16.4. The molecule has 6 rings (SSSR count). The van der Waals surface area contributed by atoms with E-state index in [0.29, 0.717) is 28.9 Å². The van der Waals surface area contributed by atoms with Crippen LogP contribution in [-0.2, 0) is 14.3 Å². The third kappa shape index (κ3) is 3.09. The highest BCUT2D eigenvalue weighted by molar-refractivity contribution is 6.21. The summed E-state index contributed by atoms with van der Waals surface area (Å²) in [5, 5.41) is 0. The number of imide groups is 1. The molecule has 6 heteroatoms.